The number of hydrazine groups is 1. The van der Waals surface area contributed by atoms with E-state index in [0.717, 1.165) is 5.56 Å². The van der Waals surface area contributed by atoms with Crippen molar-refractivity contribution in [3.63, 3.8) is 0 Å². The third kappa shape index (κ3) is 3.15. The Morgan fingerprint density at radius 1 is 1.30 bits per heavy atom. The molecule has 5 nitrogen and oxygen atoms in total. The van der Waals surface area contributed by atoms with E-state index in [-0.39, 0.29) is 0 Å². The Bertz CT molecular complexity index is 639. The molecule has 0 fully saturated rings. The summed E-state index contributed by atoms with van der Waals surface area (Å²) in [6.45, 7) is 1.95. The van der Waals surface area contributed by atoms with Gasteiger partial charge in [0.25, 0.3) is 0 Å². The van der Waals surface area contributed by atoms with Crippen LogP contribution in [0.2, 0.25) is 10.0 Å². The zero-order valence-electron chi connectivity index (χ0n) is 10.5. The maximum absolute atomic E-state index is 6.12. The van der Waals surface area contributed by atoms with Gasteiger partial charge >= 0.3 is 0 Å². The first-order chi connectivity index (χ1) is 9.56. The number of nitrogens with zero attached hydrogens (tertiary/aromatic N) is 2. The normalized spacial score (nSPS) is 10.4. The SMILES string of the molecule is CCc1c(NN)ncnc1Oc1cc(Cl)c(Br)cc1Cl. The topological polar surface area (TPSA) is 73.1 Å². The average Bonchev–Trinajstić information content (AvgIpc) is 2.44. The Labute approximate surface area is 134 Å². The molecule has 0 saturated carbocycles. The third-order valence-corrected chi connectivity index (χ3v) is 4.07. The van der Waals surface area contributed by atoms with Gasteiger partial charge in [-0.15, -0.1) is 0 Å². The van der Waals surface area contributed by atoms with Gasteiger partial charge in [-0.1, -0.05) is 30.1 Å². The maximum atomic E-state index is 6.12. The Kier molecular flexibility index (Phi) is 5.04. The van der Waals surface area contributed by atoms with E-state index in [0.29, 0.717) is 38.4 Å². The Morgan fingerprint density at radius 2 is 2.05 bits per heavy atom. The van der Waals surface area contributed by atoms with Crippen molar-refractivity contribution in [1.82, 2.24) is 9.97 Å². The molecule has 0 saturated heterocycles. The minimum Gasteiger partial charge on any atom is -0.437 e. The van der Waals surface area contributed by atoms with Crippen molar-refractivity contribution < 1.29 is 4.74 Å². The lowest BCUT2D eigenvalue weighted by molar-refractivity contribution is 0.455. The van der Waals surface area contributed by atoms with Crippen LogP contribution < -0.4 is 16.0 Å². The highest BCUT2D eigenvalue weighted by Crippen LogP contribution is 2.37. The van der Waals surface area contributed by atoms with Crippen molar-refractivity contribution in [2.45, 2.75) is 13.3 Å². The first kappa shape index (κ1) is 15.3. The van der Waals surface area contributed by atoms with E-state index in [2.05, 4.69) is 31.3 Å². The minimum atomic E-state index is 0.385. The highest BCUT2D eigenvalue weighted by atomic mass is 79.9. The number of halogens is 3. The van der Waals surface area contributed by atoms with Crippen LogP contribution in [0.1, 0.15) is 12.5 Å². The van der Waals surface area contributed by atoms with Gasteiger partial charge < -0.3 is 10.2 Å². The Balaban J connectivity index is 2.42. The molecule has 2 aromatic rings. The second kappa shape index (κ2) is 6.58. The number of ether oxygens (including phenoxy) is 1. The number of rotatable bonds is 4. The van der Waals surface area contributed by atoms with E-state index in [1.807, 2.05) is 6.92 Å². The predicted octanol–water partition coefficient (Wildman–Crippen LogP) is 4.19. The molecule has 0 spiro atoms. The van der Waals surface area contributed by atoms with E-state index in [4.69, 9.17) is 33.8 Å². The van der Waals surface area contributed by atoms with Crippen molar-refractivity contribution in [1.29, 1.82) is 0 Å². The Hall–Kier alpha value is -1.08. The molecule has 106 valence electrons. The monoisotopic (exact) mass is 376 g/mol. The van der Waals surface area contributed by atoms with E-state index in [1.54, 1.807) is 12.1 Å². The zero-order valence-corrected chi connectivity index (χ0v) is 13.6. The van der Waals surface area contributed by atoms with Gasteiger partial charge in [0.15, 0.2) is 0 Å². The molecule has 1 heterocycles. The summed E-state index contributed by atoms with van der Waals surface area (Å²) < 4.78 is 6.42. The molecule has 0 amide bonds. The van der Waals surface area contributed by atoms with Gasteiger partial charge in [0.05, 0.1) is 15.6 Å². The van der Waals surface area contributed by atoms with Gasteiger partial charge in [-0.3, -0.25) is 0 Å². The quantitative estimate of drug-likeness (QED) is 0.474. The number of nitrogens with two attached hydrogens (primary N) is 1. The number of anilines is 1. The van der Waals surface area contributed by atoms with E-state index in [9.17, 15) is 0 Å². The lowest BCUT2D eigenvalue weighted by Gasteiger charge is -2.13. The fraction of sp³-hybridized carbons (Fsp3) is 0.167. The molecular weight excluding hydrogens is 367 g/mol. The lowest BCUT2D eigenvalue weighted by Crippen LogP contribution is -2.12. The largest absolute Gasteiger partial charge is 0.437 e. The summed E-state index contributed by atoms with van der Waals surface area (Å²) in [5, 5.41) is 0.915. The zero-order chi connectivity index (χ0) is 14.7. The van der Waals surface area contributed by atoms with E-state index in [1.165, 1.54) is 6.33 Å². The summed E-state index contributed by atoms with van der Waals surface area (Å²) in [4.78, 5) is 8.13. The van der Waals surface area contributed by atoms with Crippen LogP contribution in [0.25, 0.3) is 0 Å². The average molecular weight is 378 g/mol. The van der Waals surface area contributed by atoms with Crippen molar-refractivity contribution in [2.75, 3.05) is 5.43 Å². The second-order valence-corrected chi connectivity index (χ2v) is 5.47. The van der Waals surface area contributed by atoms with Crippen LogP contribution in [0.4, 0.5) is 5.82 Å². The highest BCUT2D eigenvalue weighted by Gasteiger charge is 2.14. The van der Waals surface area contributed by atoms with E-state index < -0.39 is 0 Å². The summed E-state index contributed by atoms with van der Waals surface area (Å²) in [5.41, 5.74) is 3.26. The fourth-order valence-corrected chi connectivity index (χ4v) is 2.44. The number of nitrogens with one attached hydrogen (secondary N) is 1. The first-order valence-corrected chi connectivity index (χ1v) is 7.24. The summed E-state index contributed by atoms with van der Waals surface area (Å²) >= 11 is 15.4. The van der Waals surface area contributed by atoms with Gasteiger partial charge in [-0.05, 0) is 28.4 Å². The lowest BCUT2D eigenvalue weighted by atomic mass is 10.2. The molecule has 0 atom stereocenters. The number of aromatic nitrogens is 2. The molecule has 3 N–H and O–H groups in total. The van der Waals surface area contributed by atoms with Gasteiger partial charge in [0.1, 0.15) is 17.9 Å². The van der Waals surface area contributed by atoms with Crippen molar-refractivity contribution in [3.8, 4) is 11.6 Å². The molecule has 0 aliphatic heterocycles. The number of benzene rings is 1. The molecule has 2 rings (SSSR count). The predicted molar refractivity (Wildman–Crippen MR) is 83.5 cm³/mol. The third-order valence-electron chi connectivity index (χ3n) is 2.58. The summed E-state index contributed by atoms with van der Waals surface area (Å²) in [5.74, 6) is 6.72. The van der Waals surface area contributed by atoms with Gasteiger partial charge in [-0.25, -0.2) is 15.8 Å². The highest BCUT2D eigenvalue weighted by molar-refractivity contribution is 9.10. The minimum absolute atomic E-state index is 0.385. The molecule has 1 aromatic heterocycles. The van der Waals surface area contributed by atoms with Crippen LogP contribution in [0.3, 0.4) is 0 Å². The standard InChI is InChI=1S/C12H11BrCl2N4O/c1-2-6-11(19-16)17-5-18-12(6)20-10-4-8(14)7(13)3-9(10)15/h3-5H,2,16H2,1H3,(H,17,18,19). The summed E-state index contributed by atoms with van der Waals surface area (Å²) in [6, 6.07) is 3.28. The van der Waals surface area contributed by atoms with Crippen LogP contribution >= 0.6 is 39.1 Å². The van der Waals surface area contributed by atoms with Crippen LogP contribution in [0, 0.1) is 0 Å². The smallest absolute Gasteiger partial charge is 0.227 e. The van der Waals surface area contributed by atoms with Crippen LogP contribution in [0.5, 0.6) is 11.6 Å². The first-order valence-electron chi connectivity index (χ1n) is 5.69. The van der Waals surface area contributed by atoms with Gasteiger partial charge in [0, 0.05) is 10.5 Å². The van der Waals surface area contributed by atoms with Crippen LogP contribution in [-0.4, -0.2) is 9.97 Å². The summed E-state index contributed by atoms with van der Waals surface area (Å²) in [7, 11) is 0. The molecule has 0 aliphatic rings. The molecule has 1 aromatic carbocycles. The van der Waals surface area contributed by atoms with Gasteiger partial charge in [0.2, 0.25) is 5.88 Å². The molecule has 20 heavy (non-hydrogen) atoms. The van der Waals surface area contributed by atoms with Crippen molar-refractivity contribution in [2.24, 2.45) is 5.84 Å². The molecule has 0 radical (unpaired) electrons. The molecule has 0 bridgehead atoms. The van der Waals surface area contributed by atoms with Crippen LogP contribution in [-0.2, 0) is 6.42 Å². The van der Waals surface area contributed by atoms with E-state index >= 15 is 0 Å². The molecule has 8 heteroatoms. The maximum Gasteiger partial charge on any atom is 0.227 e. The Morgan fingerprint density at radius 3 is 2.70 bits per heavy atom. The number of hydrogen-bond donors (Lipinski definition) is 2. The molecular formula is C12H11BrCl2N4O. The van der Waals surface area contributed by atoms with Gasteiger partial charge in [-0.2, -0.15) is 0 Å². The summed E-state index contributed by atoms with van der Waals surface area (Å²) in [6.07, 6.45) is 2.01. The fourth-order valence-electron chi connectivity index (χ4n) is 1.61. The number of hydrogen-bond acceptors (Lipinski definition) is 5. The van der Waals surface area contributed by atoms with Crippen molar-refractivity contribution in [3.05, 3.63) is 38.5 Å². The second-order valence-electron chi connectivity index (χ2n) is 3.80. The number of nitrogen functional groups attached to an aromatic ring is 1. The molecule has 0 unspecified atom stereocenters. The molecule has 0 aliphatic carbocycles. The van der Waals surface area contributed by atoms with Crippen LogP contribution in [0.15, 0.2) is 22.9 Å². The van der Waals surface area contributed by atoms with Crippen molar-refractivity contribution >= 4 is 44.9 Å².